The number of hydrogen-bond acceptors (Lipinski definition) is 4. The largest absolute Gasteiger partial charge is 0.368 e. The fourth-order valence-electron chi connectivity index (χ4n) is 2.38. The Kier molecular flexibility index (Phi) is 5.52. The maximum absolute atomic E-state index is 4.31. The lowest BCUT2D eigenvalue weighted by atomic mass is 10.1. The summed E-state index contributed by atoms with van der Waals surface area (Å²) in [5, 5.41) is 4.25. The van der Waals surface area contributed by atoms with E-state index in [-0.39, 0.29) is 0 Å². The van der Waals surface area contributed by atoms with Crippen LogP contribution in [0.25, 0.3) is 0 Å². The molecule has 0 radical (unpaired) electrons. The molecule has 1 fully saturated rings. The molecule has 1 unspecified atom stereocenters. The first-order chi connectivity index (χ1) is 9.16. The van der Waals surface area contributed by atoms with E-state index in [0.29, 0.717) is 11.2 Å². The third-order valence-electron chi connectivity index (χ3n) is 3.34. The number of pyridine rings is 1. The molecule has 0 bridgehead atoms. The second kappa shape index (κ2) is 7.15. The van der Waals surface area contributed by atoms with Crippen LogP contribution in [0.15, 0.2) is 18.5 Å². The Bertz CT molecular complexity index is 395. The summed E-state index contributed by atoms with van der Waals surface area (Å²) in [6.45, 7) is 11.1. The van der Waals surface area contributed by atoms with Gasteiger partial charge in [0.25, 0.3) is 0 Å². The van der Waals surface area contributed by atoms with Crippen LogP contribution < -0.4 is 10.2 Å². The number of nitrogens with one attached hydrogen (secondary N) is 1. The molecular weight excluding hydrogens is 254 g/mol. The van der Waals surface area contributed by atoms with Crippen LogP contribution in [0.5, 0.6) is 0 Å². The van der Waals surface area contributed by atoms with Crippen LogP contribution in [-0.2, 0) is 6.54 Å². The summed E-state index contributed by atoms with van der Waals surface area (Å²) in [5.41, 5.74) is 2.68. The lowest BCUT2D eigenvalue weighted by Crippen LogP contribution is -2.37. The maximum Gasteiger partial charge on any atom is 0.0598 e. The summed E-state index contributed by atoms with van der Waals surface area (Å²) in [6, 6.07) is 2.15. The minimum absolute atomic E-state index is 0.691. The van der Waals surface area contributed by atoms with E-state index in [1.54, 1.807) is 0 Å². The molecule has 0 aromatic carbocycles. The summed E-state index contributed by atoms with van der Waals surface area (Å²) in [5.74, 6) is 1.91. The maximum atomic E-state index is 4.31. The Hall–Kier alpha value is -0.740. The third kappa shape index (κ3) is 4.39. The van der Waals surface area contributed by atoms with E-state index < -0.39 is 0 Å². The smallest absolute Gasteiger partial charge is 0.0598 e. The topological polar surface area (TPSA) is 28.2 Å². The van der Waals surface area contributed by atoms with Crippen molar-refractivity contribution in [2.24, 2.45) is 5.92 Å². The summed E-state index contributed by atoms with van der Waals surface area (Å²) >= 11 is 2.07. The highest BCUT2D eigenvalue weighted by molar-refractivity contribution is 8.00. The second-order valence-corrected chi connectivity index (χ2v) is 7.20. The molecule has 0 aliphatic carbocycles. The zero-order valence-corrected chi connectivity index (χ0v) is 13.0. The highest BCUT2D eigenvalue weighted by atomic mass is 32.2. The molecule has 0 spiro atoms. The molecule has 1 atom stereocenters. The Balaban J connectivity index is 2.02. The van der Waals surface area contributed by atoms with Gasteiger partial charge in [-0.2, -0.15) is 11.8 Å². The summed E-state index contributed by atoms with van der Waals surface area (Å²) in [6.07, 6.45) is 3.92. The molecule has 1 saturated heterocycles. The first kappa shape index (κ1) is 14.7. The van der Waals surface area contributed by atoms with Gasteiger partial charge in [-0.05, 0) is 24.1 Å². The molecule has 0 saturated carbocycles. The summed E-state index contributed by atoms with van der Waals surface area (Å²) in [4.78, 5) is 6.80. The van der Waals surface area contributed by atoms with E-state index in [4.69, 9.17) is 0 Å². The van der Waals surface area contributed by atoms with Crippen LogP contribution >= 0.6 is 11.8 Å². The molecule has 2 rings (SSSR count). The van der Waals surface area contributed by atoms with Gasteiger partial charge in [-0.15, -0.1) is 0 Å². The van der Waals surface area contributed by atoms with E-state index in [9.17, 15) is 0 Å². The van der Waals surface area contributed by atoms with Gasteiger partial charge in [0.05, 0.1) is 11.9 Å². The number of thioether (sulfide) groups is 1. The van der Waals surface area contributed by atoms with Crippen molar-refractivity contribution in [2.75, 3.05) is 30.3 Å². The van der Waals surface area contributed by atoms with Crippen LogP contribution in [0.4, 0.5) is 5.69 Å². The van der Waals surface area contributed by atoms with Gasteiger partial charge in [0, 0.05) is 36.8 Å². The van der Waals surface area contributed by atoms with Crippen LogP contribution in [0, 0.1) is 5.92 Å². The van der Waals surface area contributed by atoms with Crippen molar-refractivity contribution in [3.05, 3.63) is 24.0 Å². The van der Waals surface area contributed by atoms with Gasteiger partial charge < -0.3 is 10.2 Å². The van der Waals surface area contributed by atoms with Crippen LogP contribution in [0.2, 0.25) is 0 Å². The van der Waals surface area contributed by atoms with Crippen molar-refractivity contribution in [2.45, 2.75) is 32.6 Å². The minimum atomic E-state index is 0.691. The van der Waals surface area contributed by atoms with Crippen molar-refractivity contribution in [3.63, 3.8) is 0 Å². The molecule has 1 aromatic rings. The highest BCUT2D eigenvalue weighted by Crippen LogP contribution is 2.26. The molecule has 4 heteroatoms. The van der Waals surface area contributed by atoms with E-state index in [0.717, 1.165) is 26.2 Å². The predicted octanol–water partition coefficient (Wildman–Crippen LogP) is 2.77. The number of anilines is 1. The van der Waals surface area contributed by atoms with Crippen molar-refractivity contribution in [3.8, 4) is 0 Å². The molecule has 1 N–H and O–H groups in total. The monoisotopic (exact) mass is 279 g/mol. The van der Waals surface area contributed by atoms with Gasteiger partial charge in [-0.1, -0.05) is 20.8 Å². The van der Waals surface area contributed by atoms with E-state index in [1.807, 2.05) is 12.4 Å². The van der Waals surface area contributed by atoms with Crippen LogP contribution in [0.3, 0.4) is 0 Å². The van der Waals surface area contributed by atoms with Gasteiger partial charge in [0.1, 0.15) is 0 Å². The molecule has 19 heavy (non-hydrogen) atoms. The molecule has 0 amide bonds. The third-order valence-corrected chi connectivity index (χ3v) is 4.47. The standard InChI is InChI=1S/C15H25N3S/c1-12(2)8-17-9-14-4-5-16-10-15(14)18-6-7-19-13(3)11-18/h4-5,10,12-13,17H,6-9,11H2,1-3H3. The van der Waals surface area contributed by atoms with Gasteiger partial charge in [-0.25, -0.2) is 0 Å². The molecule has 1 aliphatic rings. The molecule has 1 aliphatic heterocycles. The molecule has 106 valence electrons. The number of aromatic nitrogens is 1. The molecule has 2 heterocycles. The van der Waals surface area contributed by atoms with E-state index in [1.165, 1.54) is 17.0 Å². The van der Waals surface area contributed by atoms with Crippen LogP contribution in [0.1, 0.15) is 26.3 Å². The van der Waals surface area contributed by atoms with E-state index >= 15 is 0 Å². The van der Waals surface area contributed by atoms with Crippen molar-refractivity contribution in [1.29, 1.82) is 0 Å². The quantitative estimate of drug-likeness (QED) is 0.897. The molecular formula is C15H25N3S. The zero-order chi connectivity index (χ0) is 13.7. The Labute approximate surface area is 121 Å². The number of hydrogen-bond donors (Lipinski definition) is 1. The molecule has 1 aromatic heterocycles. The first-order valence-corrected chi connectivity index (χ1v) is 8.22. The van der Waals surface area contributed by atoms with Crippen molar-refractivity contribution < 1.29 is 0 Å². The normalized spacial score (nSPS) is 20.0. The lowest BCUT2D eigenvalue weighted by molar-refractivity contribution is 0.551. The minimum Gasteiger partial charge on any atom is -0.368 e. The predicted molar refractivity (Wildman–Crippen MR) is 84.9 cm³/mol. The zero-order valence-electron chi connectivity index (χ0n) is 12.2. The fourth-order valence-corrected chi connectivity index (χ4v) is 3.40. The summed E-state index contributed by atoms with van der Waals surface area (Å²) in [7, 11) is 0. The Morgan fingerprint density at radius 1 is 1.53 bits per heavy atom. The molecule has 3 nitrogen and oxygen atoms in total. The summed E-state index contributed by atoms with van der Waals surface area (Å²) < 4.78 is 0. The Morgan fingerprint density at radius 3 is 3.11 bits per heavy atom. The average Bonchev–Trinajstić information content (AvgIpc) is 2.39. The van der Waals surface area contributed by atoms with Gasteiger partial charge in [0.15, 0.2) is 0 Å². The number of nitrogens with zero attached hydrogens (tertiary/aromatic N) is 2. The van der Waals surface area contributed by atoms with Crippen molar-refractivity contribution >= 4 is 17.4 Å². The van der Waals surface area contributed by atoms with E-state index in [2.05, 4.69) is 53.8 Å². The van der Waals surface area contributed by atoms with Crippen LogP contribution in [-0.4, -0.2) is 35.6 Å². The Morgan fingerprint density at radius 2 is 2.37 bits per heavy atom. The fraction of sp³-hybridized carbons (Fsp3) is 0.667. The van der Waals surface area contributed by atoms with Gasteiger partial charge in [0.2, 0.25) is 0 Å². The van der Waals surface area contributed by atoms with Crippen molar-refractivity contribution in [1.82, 2.24) is 10.3 Å². The average molecular weight is 279 g/mol. The number of rotatable bonds is 5. The SMILES string of the molecule is CC(C)CNCc1ccncc1N1CCSC(C)C1. The highest BCUT2D eigenvalue weighted by Gasteiger charge is 2.19. The first-order valence-electron chi connectivity index (χ1n) is 7.17. The lowest BCUT2D eigenvalue weighted by Gasteiger charge is -2.33. The second-order valence-electron chi connectivity index (χ2n) is 5.66. The van der Waals surface area contributed by atoms with Gasteiger partial charge in [-0.3, -0.25) is 4.98 Å². The van der Waals surface area contributed by atoms with Gasteiger partial charge >= 0.3 is 0 Å².